The first-order valence-corrected chi connectivity index (χ1v) is 11.7. The van der Waals surface area contributed by atoms with E-state index in [0.29, 0.717) is 16.7 Å². The zero-order valence-corrected chi connectivity index (χ0v) is 19.2. The fourth-order valence-electron chi connectivity index (χ4n) is 3.26. The number of carbonyl (C=O) groups excluding carboxylic acids is 1. The number of carbonyl (C=O) groups is 1. The normalized spacial score (nSPS) is 13.0. The second kappa shape index (κ2) is 9.19. The lowest BCUT2D eigenvalue weighted by Crippen LogP contribution is -2.40. The van der Waals surface area contributed by atoms with E-state index in [1.165, 1.54) is 6.07 Å². The number of amides is 1. The summed E-state index contributed by atoms with van der Waals surface area (Å²) in [6, 6.07) is 11.1. The van der Waals surface area contributed by atoms with E-state index < -0.39 is 22.0 Å². The highest BCUT2D eigenvalue weighted by Gasteiger charge is 2.23. The van der Waals surface area contributed by atoms with Crippen molar-refractivity contribution in [2.45, 2.75) is 44.2 Å². The standard InChI is InChI=1S/C22H27N5O4S/c1-13(2)15-9-10-18(19(11-15)32(23,30)31)25-21(28)14(3)27(4)12-20-24-17-8-6-5-7-16(17)22(29)26-20/h5-11,13-14H,12H2,1-4H3,(H,25,28)(H2,23,30,31)(H,24,26,29). The zero-order chi connectivity index (χ0) is 23.6. The zero-order valence-electron chi connectivity index (χ0n) is 18.4. The average molecular weight is 458 g/mol. The maximum atomic E-state index is 12.8. The highest BCUT2D eigenvalue weighted by Crippen LogP contribution is 2.26. The summed E-state index contributed by atoms with van der Waals surface area (Å²) in [5.74, 6) is 0.0992. The summed E-state index contributed by atoms with van der Waals surface area (Å²) in [5.41, 5.74) is 1.24. The van der Waals surface area contributed by atoms with Gasteiger partial charge in [-0.15, -0.1) is 0 Å². The SMILES string of the molecule is CC(C)c1ccc(NC(=O)C(C)N(C)Cc2nc3ccccc3c(=O)[nH]2)c(S(N)(=O)=O)c1. The van der Waals surface area contributed by atoms with Crippen molar-refractivity contribution in [1.29, 1.82) is 0 Å². The van der Waals surface area contributed by atoms with Crippen LogP contribution in [0.25, 0.3) is 10.9 Å². The Kier molecular flexibility index (Phi) is 6.77. The Bertz CT molecular complexity index is 1320. The fraction of sp³-hybridized carbons (Fsp3) is 0.318. The van der Waals surface area contributed by atoms with E-state index in [1.54, 1.807) is 55.3 Å². The molecule has 3 aromatic rings. The number of rotatable bonds is 7. The van der Waals surface area contributed by atoms with Gasteiger partial charge in [0, 0.05) is 0 Å². The van der Waals surface area contributed by atoms with Crippen molar-refractivity contribution in [3.63, 3.8) is 0 Å². The van der Waals surface area contributed by atoms with Crippen LogP contribution in [0.3, 0.4) is 0 Å². The van der Waals surface area contributed by atoms with Crippen molar-refractivity contribution in [1.82, 2.24) is 14.9 Å². The third kappa shape index (κ3) is 5.21. The predicted molar refractivity (Wildman–Crippen MR) is 124 cm³/mol. The van der Waals surface area contributed by atoms with Gasteiger partial charge in [0.1, 0.15) is 10.7 Å². The molecule has 170 valence electrons. The number of aromatic amines is 1. The number of para-hydroxylation sites is 1. The molecule has 1 unspecified atom stereocenters. The highest BCUT2D eigenvalue weighted by atomic mass is 32.2. The monoisotopic (exact) mass is 457 g/mol. The Morgan fingerprint density at radius 1 is 1.19 bits per heavy atom. The Balaban J connectivity index is 1.79. The van der Waals surface area contributed by atoms with Crippen LogP contribution in [0.1, 0.15) is 38.1 Å². The molecule has 10 heteroatoms. The van der Waals surface area contributed by atoms with Gasteiger partial charge in [-0.1, -0.05) is 32.0 Å². The van der Waals surface area contributed by atoms with E-state index in [4.69, 9.17) is 5.14 Å². The van der Waals surface area contributed by atoms with Gasteiger partial charge in [-0.3, -0.25) is 14.5 Å². The number of likely N-dealkylation sites (N-methyl/N-ethyl adjacent to an activating group) is 1. The van der Waals surface area contributed by atoms with Gasteiger partial charge >= 0.3 is 0 Å². The molecule has 1 amide bonds. The minimum absolute atomic E-state index is 0.0990. The van der Waals surface area contributed by atoms with Crippen LogP contribution in [0.15, 0.2) is 52.2 Å². The van der Waals surface area contributed by atoms with Gasteiger partial charge in [0.25, 0.3) is 5.56 Å². The molecule has 1 aromatic heterocycles. The molecule has 0 aliphatic carbocycles. The molecule has 0 spiro atoms. The molecule has 2 aromatic carbocycles. The van der Waals surface area contributed by atoms with Crippen LogP contribution in [0.4, 0.5) is 5.69 Å². The summed E-state index contributed by atoms with van der Waals surface area (Å²) in [6.07, 6.45) is 0. The van der Waals surface area contributed by atoms with E-state index in [-0.39, 0.29) is 28.6 Å². The molecule has 1 heterocycles. The average Bonchev–Trinajstić information content (AvgIpc) is 2.72. The molecule has 3 rings (SSSR count). The van der Waals surface area contributed by atoms with Crippen LogP contribution in [-0.2, 0) is 21.4 Å². The Morgan fingerprint density at radius 3 is 2.53 bits per heavy atom. The van der Waals surface area contributed by atoms with Gasteiger partial charge in [0.2, 0.25) is 15.9 Å². The second-order valence-electron chi connectivity index (χ2n) is 8.07. The van der Waals surface area contributed by atoms with Crippen molar-refractivity contribution in [2.24, 2.45) is 5.14 Å². The third-order valence-electron chi connectivity index (χ3n) is 5.34. The first-order chi connectivity index (χ1) is 15.0. The maximum Gasteiger partial charge on any atom is 0.258 e. The number of nitrogens with zero attached hydrogens (tertiary/aromatic N) is 2. The minimum atomic E-state index is -4.03. The number of anilines is 1. The number of hydrogen-bond donors (Lipinski definition) is 3. The molecule has 1 atom stereocenters. The first kappa shape index (κ1) is 23.6. The largest absolute Gasteiger partial charge is 0.324 e. The number of primary sulfonamides is 1. The maximum absolute atomic E-state index is 12.8. The van der Waals surface area contributed by atoms with E-state index in [2.05, 4.69) is 15.3 Å². The van der Waals surface area contributed by atoms with Crippen LogP contribution in [0, 0.1) is 0 Å². The highest BCUT2D eigenvalue weighted by molar-refractivity contribution is 7.89. The van der Waals surface area contributed by atoms with Crippen LogP contribution in [0.2, 0.25) is 0 Å². The molecule has 0 aliphatic rings. The number of hydrogen-bond acceptors (Lipinski definition) is 6. The molecule has 0 aliphatic heterocycles. The van der Waals surface area contributed by atoms with Crippen molar-refractivity contribution in [2.75, 3.05) is 12.4 Å². The smallest absolute Gasteiger partial charge is 0.258 e. The molecule has 32 heavy (non-hydrogen) atoms. The third-order valence-corrected chi connectivity index (χ3v) is 6.29. The van der Waals surface area contributed by atoms with E-state index in [1.807, 2.05) is 13.8 Å². The Labute approximate surface area is 186 Å². The number of benzene rings is 2. The molecule has 9 nitrogen and oxygen atoms in total. The lowest BCUT2D eigenvalue weighted by Gasteiger charge is -2.24. The van der Waals surface area contributed by atoms with Gasteiger partial charge < -0.3 is 10.3 Å². The van der Waals surface area contributed by atoms with Crippen LogP contribution in [0.5, 0.6) is 0 Å². The molecular formula is C22H27N5O4S. The van der Waals surface area contributed by atoms with E-state index >= 15 is 0 Å². The Hall–Kier alpha value is -3.08. The van der Waals surface area contributed by atoms with Crippen molar-refractivity contribution in [3.05, 3.63) is 64.2 Å². The van der Waals surface area contributed by atoms with Gasteiger partial charge in [0.15, 0.2) is 0 Å². The minimum Gasteiger partial charge on any atom is -0.324 e. The number of aromatic nitrogens is 2. The lowest BCUT2D eigenvalue weighted by atomic mass is 10.0. The second-order valence-corrected chi connectivity index (χ2v) is 9.60. The topological polar surface area (TPSA) is 138 Å². The van der Waals surface area contributed by atoms with Crippen LogP contribution >= 0.6 is 0 Å². The summed E-state index contributed by atoms with van der Waals surface area (Å²) in [4.78, 5) is 33.9. The number of nitrogens with one attached hydrogen (secondary N) is 2. The predicted octanol–water partition coefficient (Wildman–Crippen LogP) is 2.15. The van der Waals surface area contributed by atoms with Gasteiger partial charge in [-0.05, 0) is 49.7 Å². The Morgan fingerprint density at radius 2 is 1.88 bits per heavy atom. The van der Waals surface area contributed by atoms with Crippen LogP contribution in [-0.4, -0.2) is 42.3 Å². The summed E-state index contributed by atoms with van der Waals surface area (Å²) in [5, 5.41) is 8.52. The van der Waals surface area contributed by atoms with Crippen LogP contribution < -0.4 is 16.0 Å². The van der Waals surface area contributed by atoms with E-state index in [9.17, 15) is 18.0 Å². The lowest BCUT2D eigenvalue weighted by molar-refractivity contribution is -0.120. The summed E-state index contributed by atoms with van der Waals surface area (Å²) >= 11 is 0. The number of fused-ring (bicyclic) bond motifs is 1. The quantitative estimate of drug-likeness (QED) is 0.497. The van der Waals surface area contributed by atoms with Crippen molar-refractivity contribution < 1.29 is 13.2 Å². The molecule has 0 saturated carbocycles. The first-order valence-electron chi connectivity index (χ1n) is 10.1. The molecule has 0 saturated heterocycles. The summed E-state index contributed by atoms with van der Waals surface area (Å²) < 4.78 is 24.1. The van der Waals surface area contributed by atoms with Crippen molar-refractivity contribution in [3.8, 4) is 0 Å². The molecule has 0 fully saturated rings. The fourth-order valence-corrected chi connectivity index (χ4v) is 3.98. The van der Waals surface area contributed by atoms with Crippen molar-refractivity contribution >= 4 is 32.5 Å². The molecule has 0 radical (unpaired) electrons. The van der Waals surface area contributed by atoms with Gasteiger partial charge in [-0.25, -0.2) is 18.5 Å². The summed E-state index contributed by atoms with van der Waals surface area (Å²) in [7, 11) is -2.32. The van der Waals surface area contributed by atoms with Gasteiger partial charge in [0.05, 0.1) is 29.2 Å². The van der Waals surface area contributed by atoms with E-state index in [0.717, 1.165) is 5.56 Å². The molecular weight excluding hydrogens is 430 g/mol. The summed E-state index contributed by atoms with van der Waals surface area (Å²) in [6.45, 7) is 5.75. The molecule has 4 N–H and O–H groups in total. The number of nitrogens with two attached hydrogens (primary N) is 1. The molecule has 0 bridgehead atoms. The van der Waals surface area contributed by atoms with Gasteiger partial charge in [-0.2, -0.15) is 0 Å². The number of H-pyrrole nitrogens is 1. The number of sulfonamides is 1.